The Labute approximate surface area is 190 Å². The number of carbonyl (C=O) groups excluding carboxylic acids is 2. The average Bonchev–Trinajstić information content (AvgIpc) is 2.96. The fourth-order valence-electron chi connectivity index (χ4n) is 3.16. The number of likely N-dealkylation sites (tertiary alicyclic amines) is 1. The number of nitrogens with zero attached hydrogens (tertiary/aromatic N) is 2. The summed E-state index contributed by atoms with van der Waals surface area (Å²) >= 11 is 0. The number of alkyl halides is 3. The van der Waals surface area contributed by atoms with Crippen LogP contribution in [0.25, 0.3) is 0 Å². The van der Waals surface area contributed by atoms with E-state index in [2.05, 4.69) is 0 Å². The Morgan fingerprint density at radius 1 is 1.21 bits per heavy atom. The maximum Gasteiger partial charge on any atom is 0.517 e. The summed E-state index contributed by atoms with van der Waals surface area (Å²) in [5.41, 5.74) is -6.57. The molecule has 9 nitrogen and oxygen atoms in total. The zero-order valence-electron chi connectivity index (χ0n) is 18.4. The van der Waals surface area contributed by atoms with Gasteiger partial charge in [-0.1, -0.05) is 32.0 Å². The van der Waals surface area contributed by atoms with Crippen LogP contribution in [0.3, 0.4) is 0 Å². The molecule has 1 unspecified atom stereocenters. The third-order valence-corrected chi connectivity index (χ3v) is 8.65. The Kier molecular flexibility index (Phi) is 7.44. The minimum absolute atomic E-state index is 0.0272. The van der Waals surface area contributed by atoms with E-state index >= 15 is 0 Å². The van der Waals surface area contributed by atoms with Crippen LogP contribution in [0.15, 0.2) is 24.3 Å². The lowest BCUT2D eigenvalue weighted by molar-refractivity contribution is -0.130. The minimum atomic E-state index is -6.19. The normalized spacial score (nSPS) is 19.8. The molecule has 0 spiro atoms. The van der Waals surface area contributed by atoms with Gasteiger partial charge in [0, 0.05) is 19.3 Å². The molecule has 0 bridgehead atoms. The van der Waals surface area contributed by atoms with Crippen molar-refractivity contribution in [3.8, 4) is 0 Å². The molecule has 1 fully saturated rings. The standard InChI is InChI=1S/C19H25F3N2O7S2/c1-13(2)12-31-17(26)24(33(29,30)19(20,21)22)15-8-6-5-7-14(15)11-23-10-9-18(3,16(23)25)32(4,27)28/h5-8,13H,9-12H2,1-4H3. The molecule has 1 heterocycles. The van der Waals surface area contributed by atoms with Gasteiger partial charge in [0.2, 0.25) is 5.91 Å². The number of halogens is 3. The zero-order chi connectivity index (χ0) is 25.4. The molecule has 1 atom stereocenters. The van der Waals surface area contributed by atoms with Crippen molar-refractivity contribution in [2.24, 2.45) is 5.92 Å². The Balaban J connectivity index is 2.52. The molecular formula is C19H25F3N2O7S2. The van der Waals surface area contributed by atoms with Crippen molar-refractivity contribution in [3.05, 3.63) is 29.8 Å². The van der Waals surface area contributed by atoms with Crippen LogP contribution in [0.5, 0.6) is 0 Å². The van der Waals surface area contributed by atoms with Crippen molar-refractivity contribution < 1.29 is 44.3 Å². The number of carbonyl (C=O) groups is 2. The Bertz CT molecular complexity index is 1130. The fourth-order valence-corrected chi connectivity index (χ4v) is 4.96. The third kappa shape index (κ3) is 5.26. The van der Waals surface area contributed by atoms with E-state index in [1.807, 2.05) is 0 Å². The van der Waals surface area contributed by atoms with Gasteiger partial charge in [-0.2, -0.15) is 25.9 Å². The largest absolute Gasteiger partial charge is 0.517 e. The number of ether oxygens (including phenoxy) is 1. The van der Waals surface area contributed by atoms with E-state index in [9.17, 15) is 39.6 Å². The monoisotopic (exact) mass is 514 g/mol. The predicted molar refractivity (Wildman–Crippen MR) is 113 cm³/mol. The number of sulfonamides is 1. The summed E-state index contributed by atoms with van der Waals surface area (Å²) in [7, 11) is -9.99. The molecule has 14 heteroatoms. The van der Waals surface area contributed by atoms with Crippen molar-refractivity contribution in [1.82, 2.24) is 4.90 Å². The Morgan fingerprint density at radius 2 is 1.79 bits per heavy atom. The predicted octanol–water partition coefficient (Wildman–Crippen LogP) is 2.67. The number of anilines is 1. The molecule has 2 rings (SSSR count). The first-order valence-electron chi connectivity index (χ1n) is 9.78. The second kappa shape index (κ2) is 9.12. The van der Waals surface area contributed by atoms with Gasteiger partial charge in [-0.25, -0.2) is 13.2 Å². The highest BCUT2D eigenvalue weighted by atomic mass is 32.2. The number of sulfone groups is 1. The summed E-state index contributed by atoms with van der Waals surface area (Å²) < 4.78 is 91.4. The SMILES string of the molecule is CC(C)COC(=O)N(c1ccccc1CN1CCC(C)(S(C)(=O)=O)C1=O)S(=O)(=O)C(F)(F)F. The maximum absolute atomic E-state index is 13.4. The highest BCUT2D eigenvalue weighted by molar-refractivity contribution is 7.94. The number of hydrogen-bond acceptors (Lipinski definition) is 7. The summed E-state index contributed by atoms with van der Waals surface area (Å²) in [6.45, 7) is 3.70. The van der Waals surface area contributed by atoms with E-state index in [0.717, 1.165) is 17.2 Å². The lowest BCUT2D eigenvalue weighted by Crippen LogP contribution is -2.46. The highest BCUT2D eigenvalue weighted by Gasteiger charge is 2.54. The first-order chi connectivity index (χ1) is 14.9. The molecule has 0 aliphatic carbocycles. The van der Waals surface area contributed by atoms with Crippen LogP contribution in [0, 0.1) is 5.92 Å². The maximum atomic E-state index is 13.4. The second-order valence-corrected chi connectivity index (χ2v) is 12.5. The first kappa shape index (κ1) is 26.9. The second-order valence-electron chi connectivity index (χ2n) is 8.29. The van der Waals surface area contributed by atoms with Gasteiger partial charge in [0.05, 0.1) is 12.3 Å². The third-order valence-electron chi connectivity index (χ3n) is 5.23. The molecule has 1 aliphatic heterocycles. The van der Waals surface area contributed by atoms with E-state index in [1.54, 1.807) is 13.8 Å². The van der Waals surface area contributed by atoms with Crippen molar-refractivity contribution in [1.29, 1.82) is 0 Å². The molecule has 33 heavy (non-hydrogen) atoms. The highest BCUT2D eigenvalue weighted by Crippen LogP contribution is 2.36. The molecule has 186 valence electrons. The van der Waals surface area contributed by atoms with Crippen LogP contribution >= 0.6 is 0 Å². The van der Waals surface area contributed by atoms with Gasteiger partial charge in [0.1, 0.15) is 4.75 Å². The van der Waals surface area contributed by atoms with E-state index in [1.165, 1.54) is 25.1 Å². The molecule has 1 saturated heterocycles. The van der Waals surface area contributed by atoms with E-state index < -0.39 is 58.7 Å². The quantitative estimate of drug-likeness (QED) is 0.549. The number of para-hydroxylation sites is 1. The number of benzene rings is 1. The van der Waals surface area contributed by atoms with Crippen LogP contribution in [-0.2, 0) is 35.9 Å². The van der Waals surface area contributed by atoms with Gasteiger partial charge in [-0.3, -0.25) is 4.79 Å². The first-order valence-corrected chi connectivity index (χ1v) is 13.1. The summed E-state index contributed by atoms with van der Waals surface area (Å²) in [4.78, 5) is 26.4. The van der Waals surface area contributed by atoms with Crippen molar-refractivity contribution >= 4 is 37.5 Å². The molecule has 0 aromatic heterocycles. The minimum Gasteiger partial charge on any atom is -0.448 e. The van der Waals surface area contributed by atoms with Gasteiger partial charge >= 0.3 is 21.6 Å². The average molecular weight is 515 g/mol. The number of hydrogen-bond donors (Lipinski definition) is 0. The van der Waals surface area contributed by atoms with Gasteiger partial charge in [-0.15, -0.1) is 0 Å². The molecular weight excluding hydrogens is 489 g/mol. The van der Waals surface area contributed by atoms with Crippen LogP contribution in [0.2, 0.25) is 0 Å². The number of rotatable bonds is 7. The summed E-state index contributed by atoms with van der Waals surface area (Å²) in [6.07, 6.45) is -0.888. The van der Waals surface area contributed by atoms with Gasteiger partial charge < -0.3 is 9.64 Å². The molecule has 1 aromatic rings. The lowest BCUT2D eigenvalue weighted by Gasteiger charge is -2.27. The Morgan fingerprint density at radius 3 is 2.27 bits per heavy atom. The van der Waals surface area contributed by atoms with Gasteiger partial charge in [0.15, 0.2) is 9.84 Å². The topological polar surface area (TPSA) is 118 Å². The summed E-state index contributed by atoms with van der Waals surface area (Å²) in [6, 6.07) is 4.83. The number of amides is 2. The van der Waals surface area contributed by atoms with Crippen molar-refractivity contribution in [3.63, 3.8) is 0 Å². The summed E-state index contributed by atoms with van der Waals surface area (Å²) in [5, 5.41) is 0. The molecule has 0 radical (unpaired) electrons. The zero-order valence-corrected chi connectivity index (χ0v) is 20.1. The summed E-state index contributed by atoms with van der Waals surface area (Å²) in [5.74, 6) is -1.05. The van der Waals surface area contributed by atoms with E-state index in [-0.39, 0.29) is 31.1 Å². The van der Waals surface area contributed by atoms with Crippen molar-refractivity contribution in [2.75, 3.05) is 23.7 Å². The molecule has 1 aromatic carbocycles. The molecule has 0 saturated carbocycles. The van der Waals surface area contributed by atoms with E-state index in [0.29, 0.717) is 0 Å². The fraction of sp³-hybridized carbons (Fsp3) is 0.579. The van der Waals surface area contributed by atoms with Crippen LogP contribution in [0.1, 0.15) is 32.8 Å². The van der Waals surface area contributed by atoms with Crippen LogP contribution < -0.4 is 4.31 Å². The van der Waals surface area contributed by atoms with E-state index in [4.69, 9.17) is 4.74 Å². The Hall–Kier alpha value is -2.35. The van der Waals surface area contributed by atoms with Crippen LogP contribution in [0.4, 0.5) is 23.7 Å². The van der Waals surface area contributed by atoms with Gasteiger partial charge in [-0.05, 0) is 30.9 Å². The van der Waals surface area contributed by atoms with Gasteiger partial charge in [0.25, 0.3) is 0 Å². The van der Waals surface area contributed by atoms with Crippen molar-refractivity contribution in [2.45, 2.75) is 44.0 Å². The smallest absolute Gasteiger partial charge is 0.448 e. The molecule has 2 amide bonds. The molecule has 1 aliphatic rings. The lowest BCUT2D eigenvalue weighted by atomic mass is 10.1. The molecule has 0 N–H and O–H groups in total. The van der Waals surface area contributed by atoms with Crippen LogP contribution in [-0.4, -0.2) is 63.4 Å².